The summed E-state index contributed by atoms with van der Waals surface area (Å²) in [6.07, 6.45) is 4.95. The second-order valence-electron chi connectivity index (χ2n) is 5.97. The number of para-hydroxylation sites is 1. The van der Waals surface area contributed by atoms with Crippen LogP contribution in [0.3, 0.4) is 0 Å². The highest BCUT2D eigenvalue weighted by atomic mass is 35.5. The average molecular weight is 366 g/mol. The van der Waals surface area contributed by atoms with Gasteiger partial charge in [-0.2, -0.15) is 0 Å². The first kappa shape index (κ1) is 16.4. The van der Waals surface area contributed by atoms with E-state index in [0.29, 0.717) is 16.6 Å². The Bertz CT molecular complexity index is 1090. The largest absolute Gasteiger partial charge is 0.459 e. The number of nitrogens with one attached hydrogen (secondary N) is 1. The Balaban J connectivity index is 1.50. The third-order valence-corrected chi connectivity index (χ3v) is 4.42. The highest BCUT2D eigenvalue weighted by Gasteiger charge is 2.13. The van der Waals surface area contributed by atoms with Crippen molar-refractivity contribution in [2.24, 2.45) is 0 Å². The summed E-state index contributed by atoms with van der Waals surface area (Å²) < 4.78 is 7.61. The molecule has 4 rings (SSSR count). The number of pyridine rings is 1. The lowest BCUT2D eigenvalue weighted by atomic mass is 10.2. The van der Waals surface area contributed by atoms with Crippen LogP contribution in [0.2, 0.25) is 5.15 Å². The van der Waals surface area contributed by atoms with E-state index in [0.717, 1.165) is 16.6 Å². The van der Waals surface area contributed by atoms with Gasteiger partial charge in [0.25, 0.3) is 0 Å². The molecule has 1 amide bonds. The second-order valence-corrected chi connectivity index (χ2v) is 6.32. The molecule has 0 bridgehead atoms. The van der Waals surface area contributed by atoms with E-state index in [-0.39, 0.29) is 11.9 Å². The molecule has 4 aromatic rings. The highest BCUT2D eigenvalue weighted by Crippen LogP contribution is 2.23. The van der Waals surface area contributed by atoms with Gasteiger partial charge < -0.3 is 9.73 Å². The number of amides is 1. The van der Waals surface area contributed by atoms with Gasteiger partial charge in [0.15, 0.2) is 5.15 Å². The van der Waals surface area contributed by atoms with Gasteiger partial charge in [-0.1, -0.05) is 35.9 Å². The maximum Gasteiger partial charge on any atom is 0.244 e. The summed E-state index contributed by atoms with van der Waals surface area (Å²) >= 11 is 6.17. The number of benzene rings is 1. The third-order valence-electron chi connectivity index (χ3n) is 4.14. The van der Waals surface area contributed by atoms with Crippen molar-refractivity contribution in [1.82, 2.24) is 14.7 Å². The Labute approximate surface area is 154 Å². The van der Waals surface area contributed by atoms with Gasteiger partial charge in [-0.05, 0) is 37.3 Å². The first-order valence-corrected chi connectivity index (χ1v) is 8.59. The van der Waals surface area contributed by atoms with E-state index in [1.807, 2.05) is 66.1 Å². The maximum atomic E-state index is 12.3. The molecule has 0 unspecified atom stereocenters. The second kappa shape index (κ2) is 6.69. The van der Waals surface area contributed by atoms with Crippen LogP contribution in [0.15, 0.2) is 65.2 Å². The van der Waals surface area contributed by atoms with Crippen LogP contribution in [-0.4, -0.2) is 15.3 Å². The summed E-state index contributed by atoms with van der Waals surface area (Å²) in [6, 6.07) is 15.0. The van der Waals surface area contributed by atoms with Gasteiger partial charge in [0.1, 0.15) is 17.0 Å². The summed E-state index contributed by atoms with van der Waals surface area (Å²) in [6.45, 7) is 1.88. The number of carbonyl (C=O) groups excluding carboxylic acids is 1. The molecule has 1 aromatic carbocycles. The van der Waals surface area contributed by atoms with Crippen molar-refractivity contribution in [3.05, 3.63) is 77.4 Å². The Hall–Kier alpha value is -3.05. The molecule has 130 valence electrons. The van der Waals surface area contributed by atoms with Crippen LogP contribution >= 0.6 is 11.6 Å². The van der Waals surface area contributed by atoms with Crippen LogP contribution in [0, 0.1) is 0 Å². The zero-order valence-corrected chi connectivity index (χ0v) is 14.8. The number of hydrogen-bond acceptors (Lipinski definition) is 3. The first-order valence-electron chi connectivity index (χ1n) is 8.21. The predicted molar refractivity (Wildman–Crippen MR) is 102 cm³/mol. The lowest BCUT2D eigenvalue weighted by Crippen LogP contribution is -2.24. The molecule has 0 saturated heterocycles. The maximum absolute atomic E-state index is 12.3. The van der Waals surface area contributed by atoms with Gasteiger partial charge in [-0.3, -0.25) is 9.20 Å². The minimum atomic E-state index is -0.253. The monoisotopic (exact) mass is 365 g/mol. The smallest absolute Gasteiger partial charge is 0.244 e. The number of carbonyl (C=O) groups is 1. The number of hydrogen-bond donors (Lipinski definition) is 1. The fourth-order valence-corrected chi connectivity index (χ4v) is 3.08. The van der Waals surface area contributed by atoms with Gasteiger partial charge in [0.2, 0.25) is 5.91 Å². The van der Waals surface area contributed by atoms with Crippen molar-refractivity contribution in [3.8, 4) is 0 Å². The predicted octanol–water partition coefficient (Wildman–Crippen LogP) is 4.62. The molecule has 26 heavy (non-hydrogen) atoms. The van der Waals surface area contributed by atoms with Crippen molar-refractivity contribution in [3.63, 3.8) is 0 Å². The van der Waals surface area contributed by atoms with E-state index in [9.17, 15) is 4.79 Å². The fourth-order valence-electron chi connectivity index (χ4n) is 2.84. The van der Waals surface area contributed by atoms with Crippen LogP contribution in [0.1, 0.15) is 24.4 Å². The van der Waals surface area contributed by atoms with Crippen LogP contribution in [0.25, 0.3) is 22.7 Å². The van der Waals surface area contributed by atoms with Gasteiger partial charge in [0.05, 0.1) is 11.7 Å². The fraction of sp³-hybridized carbons (Fsp3) is 0.100. The van der Waals surface area contributed by atoms with Crippen molar-refractivity contribution in [1.29, 1.82) is 0 Å². The van der Waals surface area contributed by atoms with Gasteiger partial charge in [-0.15, -0.1) is 0 Å². The van der Waals surface area contributed by atoms with Gasteiger partial charge in [-0.25, -0.2) is 4.98 Å². The van der Waals surface area contributed by atoms with E-state index in [2.05, 4.69) is 10.3 Å². The first-order chi connectivity index (χ1) is 12.6. The lowest BCUT2D eigenvalue weighted by molar-refractivity contribution is -0.117. The molecule has 1 N–H and O–H groups in total. The number of fused-ring (bicyclic) bond motifs is 2. The molecule has 0 aliphatic carbocycles. The van der Waals surface area contributed by atoms with E-state index < -0.39 is 0 Å². The van der Waals surface area contributed by atoms with Crippen LogP contribution < -0.4 is 5.32 Å². The van der Waals surface area contributed by atoms with Gasteiger partial charge >= 0.3 is 0 Å². The van der Waals surface area contributed by atoms with E-state index in [4.69, 9.17) is 16.0 Å². The number of nitrogens with zero attached hydrogens (tertiary/aromatic N) is 2. The molecule has 0 fully saturated rings. The topological polar surface area (TPSA) is 59.5 Å². The van der Waals surface area contributed by atoms with Crippen LogP contribution in [0.5, 0.6) is 0 Å². The molecule has 6 heteroatoms. The van der Waals surface area contributed by atoms with E-state index in [1.54, 1.807) is 6.08 Å². The third kappa shape index (κ3) is 3.09. The van der Waals surface area contributed by atoms with Crippen molar-refractivity contribution in [2.45, 2.75) is 13.0 Å². The summed E-state index contributed by atoms with van der Waals surface area (Å²) in [5, 5.41) is 4.26. The molecule has 1 atom stereocenters. The molecular weight excluding hydrogens is 350 g/mol. The molecule has 0 aliphatic heterocycles. The zero-order chi connectivity index (χ0) is 18.1. The Kier molecular flexibility index (Phi) is 4.22. The standard InChI is InChI=1S/C20H16ClN3O2/c1-13(17-12-14-6-2-3-7-16(14)26-17)22-19(25)10-9-15-20(21)23-18-8-4-5-11-24(15)18/h2-13H,1H3,(H,22,25)/b10-9+/t13-/m1/s1. The van der Waals surface area contributed by atoms with Crippen molar-refractivity contribution in [2.75, 3.05) is 0 Å². The number of furan rings is 1. The molecule has 0 saturated carbocycles. The number of halogens is 1. The van der Waals surface area contributed by atoms with Crippen molar-refractivity contribution >= 4 is 40.2 Å². The van der Waals surface area contributed by atoms with Crippen LogP contribution in [-0.2, 0) is 4.79 Å². The Morgan fingerprint density at radius 1 is 1.27 bits per heavy atom. The highest BCUT2D eigenvalue weighted by molar-refractivity contribution is 6.31. The van der Waals surface area contributed by atoms with E-state index >= 15 is 0 Å². The Morgan fingerprint density at radius 3 is 2.92 bits per heavy atom. The zero-order valence-electron chi connectivity index (χ0n) is 14.0. The molecular formula is C20H16ClN3O2. The lowest BCUT2D eigenvalue weighted by Gasteiger charge is -2.09. The molecule has 0 spiro atoms. The molecule has 5 nitrogen and oxygen atoms in total. The van der Waals surface area contributed by atoms with E-state index in [1.165, 1.54) is 6.08 Å². The number of rotatable bonds is 4. The quantitative estimate of drug-likeness (QED) is 0.536. The summed E-state index contributed by atoms with van der Waals surface area (Å²) in [7, 11) is 0. The molecule has 3 aromatic heterocycles. The van der Waals surface area contributed by atoms with Gasteiger partial charge in [0, 0.05) is 17.7 Å². The number of aromatic nitrogens is 2. The minimum absolute atomic E-state index is 0.236. The SMILES string of the molecule is C[C@@H](NC(=O)/C=C/c1c(Cl)nc2ccccn12)c1cc2ccccc2o1. The summed E-state index contributed by atoms with van der Waals surface area (Å²) in [4.78, 5) is 16.5. The molecule has 3 heterocycles. The molecule has 0 aliphatic rings. The van der Waals surface area contributed by atoms with Crippen molar-refractivity contribution < 1.29 is 9.21 Å². The average Bonchev–Trinajstić information content (AvgIpc) is 3.20. The minimum Gasteiger partial charge on any atom is -0.459 e. The normalized spacial score (nSPS) is 12.8. The summed E-state index contributed by atoms with van der Waals surface area (Å²) in [5.74, 6) is 0.473. The Morgan fingerprint density at radius 2 is 2.08 bits per heavy atom. The summed E-state index contributed by atoms with van der Waals surface area (Å²) in [5.41, 5.74) is 2.19. The number of imidazole rings is 1. The van der Waals surface area contributed by atoms with Crippen LogP contribution in [0.4, 0.5) is 0 Å². The molecule has 0 radical (unpaired) electrons.